The van der Waals surface area contributed by atoms with Gasteiger partial charge in [-0.15, -0.1) is 26.2 Å². The van der Waals surface area contributed by atoms with Crippen LogP contribution in [0.5, 0.6) is 0 Å². The molecule has 12 heteroatoms. The van der Waals surface area contributed by atoms with Crippen molar-refractivity contribution in [3.63, 3.8) is 0 Å². The van der Waals surface area contributed by atoms with Gasteiger partial charge in [-0.05, 0) is 0 Å². The Kier molecular flexibility index (Phi) is 34.2. The molecule has 127 valence electrons. The molecule has 0 saturated carbocycles. The third-order valence-electron chi connectivity index (χ3n) is 1.03. The van der Waals surface area contributed by atoms with Crippen LogP contribution in [-0.2, 0) is 27.2 Å². The molecule has 0 aliphatic heterocycles. The van der Waals surface area contributed by atoms with Gasteiger partial charge in [0.15, 0.2) is 0 Å². The zero-order valence-electron chi connectivity index (χ0n) is 10.7. The molecule has 10 nitrogen and oxygen atoms in total. The number of nitrogens with zero attached hydrogens (tertiary/aromatic N) is 2. The van der Waals surface area contributed by atoms with Crippen LogP contribution >= 0.6 is 0 Å². The minimum Gasteiger partial charge on any atom is -0.759 e. The molecule has 0 aromatic carbocycles. The number of hydrogen-bond acceptors (Lipinski definition) is 8. The number of aliphatic hydroxyl groups excluding tert-OH is 4. The summed E-state index contributed by atoms with van der Waals surface area (Å²) in [6.45, 7) is 2.11. The Morgan fingerprint density at radius 1 is 0.700 bits per heavy atom. The van der Waals surface area contributed by atoms with Crippen molar-refractivity contribution in [2.75, 3.05) is 52.6 Å². The fourth-order valence-corrected chi connectivity index (χ4v) is 0.506. The van der Waals surface area contributed by atoms with Crippen molar-refractivity contribution < 1.29 is 54.7 Å². The van der Waals surface area contributed by atoms with Crippen LogP contribution in [0.2, 0.25) is 0 Å². The average molecular weight is 363 g/mol. The van der Waals surface area contributed by atoms with E-state index in [0.717, 1.165) is 0 Å². The molecule has 4 N–H and O–H groups in total. The molecule has 0 aliphatic carbocycles. The third-order valence-corrected chi connectivity index (χ3v) is 1.03. The first-order chi connectivity index (χ1) is 8.83. The van der Waals surface area contributed by atoms with Crippen LogP contribution in [-0.4, -0.2) is 90.6 Å². The Balaban J connectivity index is -0.0000000952. The average Bonchev–Trinajstić information content (AvgIpc) is 2.29. The van der Waals surface area contributed by atoms with Gasteiger partial charge in [-0.3, -0.25) is 8.42 Å². The molecule has 0 bridgehead atoms. The van der Waals surface area contributed by atoms with Crippen molar-refractivity contribution in [1.29, 1.82) is 0 Å². The van der Waals surface area contributed by atoms with E-state index < -0.39 is 10.4 Å². The molecule has 0 aliphatic rings. The number of aliphatic hydroxyl groups is 4. The minimum absolute atomic E-state index is 0. The number of hydrogen-bond donors (Lipinski definition) is 4. The fourth-order valence-electron chi connectivity index (χ4n) is 0.506. The van der Waals surface area contributed by atoms with E-state index in [9.17, 15) is 0 Å². The molecule has 0 amide bonds. The molecule has 0 aromatic heterocycles. The van der Waals surface area contributed by atoms with Crippen molar-refractivity contribution in [3.05, 3.63) is 10.6 Å². The summed E-state index contributed by atoms with van der Waals surface area (Å²) < 4.78 is 34.1. The van der Waals surface area contributed by atoms with E-state index in [2.05, 4.69) is 10.6 Å². The zero-order chi connectivity index (χ0) is 15.6. The Bertz CT molecular complexity index is 217. The molecule has 0 rings (SSSR count). The monoisotopic (exact) mass is 363 g/mol. The molecule has 0 saturated heterocycles. The van der Waals surface area contributed by atoms with Gasteiger partial charge in [0, 0.05) is 36.8 Å². The van der Waals surface area contributed by atoms with Gasteiger partial charge in [0.1, 0.15) is 0 Å². The maximum absolute atomic E-state index is 8.52. The molecule has 0 aromatic rings. The summed E-state index contributed by atoms with van der Waals surface area (Å²) in [6.07, 6.45) is 0. The van der Waals surface area contributed by atoms with Crippen LogP contribution in [0.4, 0.5) is 0 Å². The summed E-state index contributed by atoms with van der Waals surface area (Å²) >= 11 is 0. The fraction of sp³-hybridized carbons (Fsp3) is 1.00. The third kappa shape index (κ3) is 80.4. The van der Waals surface area contributed by atoms with E-state index in [0.29, 0.717) is 26.2 Å². The standard InChI is InChI=1S/2C4H10NO2.Co.H2O4S/c2*6-3-1-5-2-4-7;;1-5(2,3)4/h2*6-7H,1-4H2;;(H2,1,2,3,4)/q2*-1;+2;/p-2. The predicted octanol–water partition coefficient (Wildman–Crippen LogP) is -2.65. The minimum atomic E-state index is -5.17. The first-order valence-electron chi connectivity index (χ1n) is 5.20. The second-order valence-electron chi connectivity index (χ2n) is 2.64. The van der Waals surface area contributed by atoms with Crippen LogP contribution in [0.1, 0.15) is 0 Å². The molecule has 0 heterocycles. The van der Waals surface area contributed by atoms with E-state index in [1.807, 2.05) is 0 Å². The summed E-state index contributed by atoms with van der Waals surface area (Å²) in [4.78, 5) is 0. The van der Waals surface area contributed by atoms with Gasteiger partial charge < -0.3 is 40.2 Å². The summed E-state index contributed by atoms with van der Waals surface area (Å²) in [5.74, 6) is 0. The van der Waals surface area contributed by atoms with E-state index >= 15 is 0 Å². The Morgan fingerprint density at radius 2 is 0.850 bits per heavy atom. The zero-order valence-corrected chi connectivity index (χ0v) is 12.6. The largest absolute Gasteiger partial charge is 2.00 e. The van der Waals surface area contributed by atoms with E-state index in [1.54, 1.807) is 0 Å². The second-order valence-corrected chi connectivity index (χ2v) is 3.46. The summed E-state index contributed by atoms with van der Waals surface area (Å²) in [7, 11) is -5.17. The second kappa shape index (κ2) is 24.2. The quantitative estimate of drug-likeness (QED) is 0.204. The van der Waals surface area contributed by atoms with Crippen molar-refractivity contribution in [2.45, 2.75) is 0 Å². The van der Waals surface area contributed by atoms with Crippen LogP contribution in [0.3, 0.4) is 0 Å². The first kappa shape index (κ1) is 28.3. The maximum atomic E-state index is 8.52. The van der Waals surface area contributed by atoms with Gasteiger partial charge >= 0.3 is 16.8 Å². The SMILES string of the molecule is O=S(=O)([O-])[O-].OCC[N-]CCO.OCC[N-]CCO.[Co+2]. The van der Waals surface area contributed by atoms with Crippen LogP contribution in [0, 0.1) is 0 Å². The molecule has 0 atom stereocenters. The normalized spacial score (nSPS) is 9.50. The van der Waals surface area contributed by atoms with Gasteiger partial charge in [0.05, 0.1) is 0 Å². The molecule has 0 unspecified atom stereocenters. The van der Waals surface area contributed by atoms with Crippen molar-refractivity contribution in [2.24, 2.45) is 0 Å². The van der Waals surface area contributed by atoms with Gasteiger partial charge in [0.2, 0.25) is 0 Å². The molecular weight excluding hydrogens is 343 g/mol. The van der Waals surface area contributed by atoms with Crippen molar-refractivity contribution >= 4 is 10.4 Å². The van der Waals surface area contributed by atoms with Crippen LogP contribution in [0.25, 0.3) is 10.6 Å². The molecule has 0 fully saturated rings. The predicted molar refractivity (Wildman–Crippen MR) is 65.0 cm³/mol. The van der Waals surface area contributed by atoms with E-state index in [4.69, 9.17) is 37.9 Å². The van der Waals surface area contributed by atoms with E-state index in [-0.39, 0.29) is 43.2 Å². The molecular formula is C8H20CoN2O8S-2. The molecule has 1 radical (unpaired) electrons. The van der Waals surface area contributed by atoms with Gasteiger partial charge in [-0.2, -0.15) is 0 Å². The van der Waals surface area contributed by atoms with E-state index in [1.165, 1.54) is 0 Å². The Labute approximate surface area is 129 Å². The maximum Gasteiger partial charge on any atom is 2.00 e. The molecule has 20 heavy (non-hydrogen) atoms. The van der Waals surface area contributed by atoms with Gasteiger partial charge in [-0.25, -0.2) is 0 Å². The Hall–Kier alpha value is 0.136. The van der Waals surface area contributed by atoms with Crippen molar-refractivity contribution in [1.82, 2.24) is 0 Å². The smallest absolute Gasteiger partial charge is 0.759 e. The van der Waals surface area contributed by atoms with Crippen LogP contribution in [0.15, 0.2) is 0 Å². The summed E-state index contributed by atoms with van der Waals surface area (Å²) in [6, 6.07) is 0. The molecule has 0 spiro atoms. The van der Waals surface area contributed by atoms with Gasteiger partial charge in [0.25, 0.3) is 0 Å². The first-order valence-corrected chi connectivity index (χ1v) is 6.53. The summed E-state index contributed by atoms with van der Waals surface area (Å²) in [5, 5.41) is 39.9. The van der Waals surface area contributed by atoms with Gasteiger partial charge in [-0.1, -0.05) is 0 Å². The Morgan fingerprint density at radius 3 is 0.950 bits per heavy atom. The number of rotatable bonds is 8. The van der Waals surface area contributed by atoms with Crippen LogP contribution < -0.4 is 0 Å². The topological polar surface area (TPSA) is 189 Å². The summed E-state index contributed by atoms with van der Waals surface area (Å²) in [5.41, 5.74) is 0. The van der Waals surface area contributed by atoms with Crippen molar-refractivity contribution in [3.8, 4) is 0 Å².